The van der Waals surface area contributed by atoms with Gasteiger partial charge in [-0.1, -0.05) is 29.8 Å². The van der Waals surface area contributed by atoms with Crippen LogP contribution in [0.4, 0.5) is 0 Å². The molecule has 2 nitrogen and oxygen atoms in total. The molecule has 0 heterocycles. The Kier molecular flexibility index (Phi) is 5.16. The summed E-state index contributed by atoms with van der Waals surface area (Å²) in [5, 5.41) is 3.54. The van der Waals surface area contributed by atoms with Crippen LogP contribution in [-0.4, -0.2) is 18.8 Å². The first-order valence-corrected chi connectivity index (χ1v) is 6.27. The standard InChI is InChI=1S/C15H25NO/c1-12-7-6-8-14(9-12)11-16-13(2)10-15(3,4)17-5/h6-9,13,16H,10-11H2,1-5H3. The predicted molar refractivity (Wildman–Crippen MR) is 73.2 cm³/mol. The summed E-state index contributed by atoms with van der Waals surface area (Å²) in [6.07, 6.45) is 1.01. The number of hydrogen-bond donors (Lipinski definition) is 1. The Balaban J connectivity index is 2.40. The largest absolute Gasteiger partial charge is 0.379 e. The van der Waals surface area contributed by atoms with Crippen LogP contribution in [0.5, 0.6) is 0 Å². The van der Waals surface area contributed by atoms with E-state index in [9.17, 15) is 0 Å². The van der Waals surface area contributed by atoms with E-state index in [0.29, 0.717) is 6.04 Å². The molecule has 0 saturated heterocycles. The van der Waals surface area contributed by atoms with Crippen LogP contribution >= 0.6 is 0 Å². The van der Waals surface area contributed by atoms with Crippen molar-refractivity contribution in [3.05, 3.63) is 35.4 Å². The highest BCUT2D eigenvalue weighted by Crippen LogP contribution is 2.15. The second-order valence-electron chi connectivity index (χ2n) is 5.44. The van der Waals surface area contributed by atoms with Crippen LogP contribution < -0.4 is 5.32 Å². The van der Waals surface area contributed by atoms with Crippen LogP contribution in [0.15, 0.2) is 24.3 Å². The lowest BCUT2D eigenvalue weighted by Gasteiger charge is -2.27. The molecule has 0 saturated carbocycles. The lowest BCUT2D eigenvalue weighted by atomic mass is 9.99. The second kappa shape index (κ2) is 6.18. The fourth-order valence-electron chi connectivity index (χ4n) is 2.01. The molecule has 2 heteroatoms. The predicted octanol–water partition coefficient (Wildman–Crippen LogP) is 3.29. The summed E-state index contributed by atoms with van der Waals surface area (Å²) in [5.74, 6) is 0. The monoisotopic (exact) mass is 235 g/mol. The molecule has 1 rings (SSSR count). The molecule has 0 fully saturated rings. The van der Waals surface area contributed by atoms with Crippen LogP contribution in [0.3, 0.4) is 0 Å². The molecular weight excluding hydrogens is 210 g/mol. The van der Waals surface area contributed by atoms with Gasteiger partial charge in [-0.2, -0.15) is 0 Å². The Morgan fingerprint density at radius 3 is 2.65 bits per heavy atom. The van der Waals surface area contributed by atoms with Gasteiger partial charge in [0, 0.05) is 19.7 Å². The van der Waals surface area contributed by atoms with Crippen molar-refractivity contribution in [2.45, 2.75) is 52.3 Å². The first kappa shape index (κ1) is 14.2. The van der Waals surface area contributed by atoms with Crippen molar-refractivity contribution in [3.8, 4) is 0 Å². The second-order valence-corrected chi connectivity index (χ2v) is 5.44. The van der Waals surface area contributed by atoms with E-state index in [4.69, 9.17) is 4.74 Å². The van der Waals surface area contributed by atoms with Crippen molar-refractivity contribution >= 4 is 0 Å². The average Bonchev–Trinajstić information content (AvgIpc) is 2.26. The molecular formula is C15H25NO. The van der Waals surface area contributed by atoms with Gasteiger partial charge < -0.3 is 10.1 Å². The SMILES string of the molecule is COC(C)(C)CC(C)NCc1cccc(C)c1. The Bertz CT molecular complexity index is 347. The third kappa shape index (κ3) is 5.33. The van der Waals surface area contributed by atoms with Gasteiger partial charge in [-0.15, -0.1) is 0 Å². The summed E-state index contributed by atoms with van der Waals surface area (Å²) in [4.78, 5) is 0. The van der Waals surface area contributed by atoms with E-state index in [1.807, 2.05) is 0 Å². The van der Waals surface area contributed by atoms with E-state index in [1.54, 1.807) is 7.11 Å². The van der Waals surface area contributed by atoms with Crippen molar-refractivity contribution in [1.82, 2.24) is 5.32 Å². The van der Waals surface area contributed by atoms with Crippen molar-refractivity contribution in [2.24, 2.45) is 0 Å². The van der Waals surface area contributed by atoms with E-state index in [0.717, 1.165) is 13.0 Å². The lowest BCUT2D eigenvalue weighted by molar-refractivity contribution is 0.00844. The molecule has 0 radical (unpaired) electrons. The highest BCUT2D eigenvalue weighted by Gasteiger charge is 2.19. The van der Waals surface area contributed by atoms with Crippen LogP contribution in [0.25, 0.3) is 0 Å². The molecule has 0 aromatic heterocycles. The summed E-state index contributed by atoms with van der Waals surface area (Å²) in [6, 6.07) is 9.07. The van der Waals surface area contributed by atoms with Crippen LogP contribution in [0.2, 0.25) is 0 Å². The fourth-order valence-corrected chi connectivity index (χ4v) is 2.01. The molecule has 0 aliphatic heterocycles. The molecule has 0 spiro atoms. The van der Waals surface area contributed by atoms with Crippen LogP contribution in [0.1, 0.15) is 38.3 Å². The third-order valence-corrected chi connectivity index (χ3v) is 3.09. The molecule has 96 valence electrons. The molecule has 1 atom stereocenters. The smallest absolute Gasteiger partial charge is 0.0637 e. The molecule has 1 aromatic rings. The first-order valence-electron chi connectivity index (χ1n) is 6.27. The van der Waals surface area contributed by atoms with Gasteiger partial charge in [0.15, 0.2) is 0 Å². The van der Waals surface area contributed by atoms with Crippen molar-refractivity contribution in [1.29, 1.82) is 0 Å². The zero-order valence-electron chi connectivity index (χ0n) is 11.7. The molecule has 1 N–H and O–H groups in total. The van der Waals surface area contributed by atoms with Gasteiger partial charge in [0.25, 0.3) is 0 Å². The van der Waals surface area contributed by atoms with Gasteiger partial charge in [-0.3, -0.25) is 0 Å². The van der Waals surface area contributed by atoms with E-state index >= 15 is 0 Å². The quantitative estimate of drug-likeness (QED) is 0.817. The number of hydrogen-bond acceptors (Lipinski definition) is 2. The minimum Gasteiger partial charge on any atom is -0.379 e. The van der Waals surface area contributed by atoms with Gasteiger partial charge in [-0.25, -0.2) is 0 Å². The zero-order valence-corrected chi connectivity index (χ0v) is 11.7. The zero-order chi connectivity index (χ0) is 12.9. The van der Waals surface area contributed by atoms with Gasteiger partial charge in [-0.05, 0) is 39.7 Å². The maximum atomic E-state index is 5.44. The van der Waals surface area contributed by atoms with Crippen molar-refractivity contribution < 1.29 is 4.74 Å². The minimum atomic E-state index is -0.0565. The van der Waals surface area contributed by atoms with Gasteiger partial charge in [0.05, 0.1) is 5.60 Å². The Hall–Kier alpha value is -0.860. The molecule has 0 bridgehead atoms. The van der Waals surface area contributed by atoms with Gasteiger partial charge in [0.1, 0.15) is 0 Å². The normalized spacial score (nSPS) is 13.7. The number of rotatable bonds is 6. The minimum absolute atomic E-state index is 0.0565. The maximum Gasteiger partial charge on any atom is 0.0637 e. The molecule has 0 amide bonds. The summed E-state index contributed by atoms with van der Waals surface area (Å²) < 4.78 is 5.44. The van der Waals surface area contributed by atoms with E-state index < -0.39 is 0 Å². The van der Waals surface area contributed by atoms with Crippen LogP contribution in [0, 0.1) is 6.92 Å². The van der Waals surface area contributed by atoms with Gasteiger partial charge >= 0.3 is 0 Å². The van der Waals surface area contributed by atoms with Crippen LogP contribution in [-0.2, 0) is 11.3 Å². The summed E-state index contributed by atoms with van der Waals surface area (Å²) >= 11 is 0. The molecule has 1 aromatic carbocycles. The average molecular weight is 235 g/mol. The number of benzene rings is 1. The van der Waals surface area contributed by atoms with E-state index in [-0.39, 0.29) is 5.60 Å². The Labute approximate surface area is 105 Å². The number of nitrogens with one attached hydrogen (secondary N) is 1. The maximum absolute atomic E-state index is 5.44. The molecule has 17 heavy (non-hydrogen) atoms. The topological polar surface area (TPSA) is 21.3 Å². The Morgan fingerprint density at radius 2 is 2.06 bits per heavy atom. The highest BCUT2D eigenvalue weighted by atomic mass is 16.5. The van der Waals surface area contributed by atoms with E-state index in [2.05, 4.69) is 57.3 Å². The molecule has 0 aliphatic rings. The molecule has 1 unspecified atom stereocenters. The number of aryl methyl sites for hydroxylation is 1. The summed E-state index contributed by atoms with van der Waals surface area (Å²) in [7, 11) is 1.77. The lowest BCUT2D eigenvalue weighted by Crippen LogP contribution is -2.35. The number of ether oxygens (including phenoxy) is 1. The van der Waals surface area contributed by atoms with Gasteiger partial charge in [0.2, 0.25) is 0 Å². The summed E-state index contributed by atoms with van der Waals surface area (Å²) in [6.45, 7) is 9.50. The van der Waals surface area contributed by atoms with Crippen molar-refractivity contribution in [3.63, 3.8) is 0 Å². The molecule has 0 aliphatic carbocycles. The highest BCUT2D eigenvalue weighted by molar-refractivity contribution is 5.21. The van der Waals surface area contributed by atoms with E-state index in [1.165, 1.54) is 11.1 Å². The third-order valence-electron chi connectivity index (χ3n) is 3.09. The first-order chi connectivity index (χ1) is 7.93. The summed E-state index contributed by atoms with van der Waals surface area (Å²) in [5.41, 5.74) is 2.60. The van der Waals surface area contributed by atoms with Crippen molar-refractivity contribution in [2.75, 3.05) is 7.11 Å². The Morgan fingerprint density at radius 1 is 1.35 bits per heavy atom. The number of methoxy groups -OCH3 is 1. The fraction of sp³-hybridized carbons (Fsp3) is 0.600.